The maximum Gasteiger partial charge on any atom is 0.292 e. The van der Waals surface area contributed by atoms with Gasteiger partial charge in [0.2, 0.25) is 11.8 Å². The zero-order valence-corrected chi connectivity index (χ0v) is 20.2. The molecular formula is C25H25ClN6O3. The fourth-order valence-electron chi connectivity index (χ4n) is 4.16. The Bertz CT molecular complexity index is 1350. The highest BCUT2D eigenvalue weighted by Crippen LogP contribution is 2.28. The summed E-state index contributed by atoms with van der Waals surface area (Å²) < 4.78 is 12.5. The van der Waals surface area contributed by atoms with Gasteiger partial charge in [-0.15, -0.1) is 10.2 Å². The minimum absolute atomic E-state index is 0.0451. The highest BCUT2D eigenvalue weighted by Gasteiger charge is 2.27. The number of benzene rings is 2. The predicted octanol–water partition coefficient (Wildman–Crippen LogP) is 3.83. The monoisotopic (exact) mass is 492 g/mol. The van der Waals surface area contributed by atoms with Gasteiger partial charge in [0.05, 0.1) is 30.7 Å². The number of piperazine rings is 1. The van der Waals surface area contributed by atoms with E-state index in [-0.39, 0.29) is 16.6 Å². The standard InChI is InChI=1S/C25H25ClN6O3/c1-17(23-28-29-24(35-23)18-8-10-20(34-2)11-9-18)30-12-14-31(15-13-30)21-16-27-32(25(33)22(21)26)19-6-4-3-5-7-19/h3-11,16-17H,12-15H2,1-2H3/t17-/m0/s1. The van der Waals surface area contributed by atoms with Crippen LogP contribution in [0.25, 0.3) is 17.1 Å². The van der Waals surface area contributed by atoms with Crippen LogP contribution < -0.4 is 15.2 Å². The van der Waals surface area contributed by atoms with Crippen molar-refractivity contribution in [3.63, 3.8) is 0 Å². The number of methoxy groups -OCH3 is 1. The lowest BCUT2D eigenvalue weighted by atomic mass is 10.2. The smallest absolute Gasteiger partial charge is 0.292 e. The Hall–Kier alpha value is -3.69. The highest BCUT2D eigenvalue weighted by molar-refractivity contribution is 6.33. The van der Waals surface area contributed by atoms with E-state index in [4.69, 9.17) is 20.8 Å². The molecule has 0 amide bonds. The number of hydrogen-bond acceptors (Lipinski definition) is 8. The van der Waals surface area contributed by atoms with Crippen molar-refractivity contribution in [2.75, 3.05) is 38.2 Å². The first kappa shape index (κ1) is 23.1. The molecule has 1 atom stereocenters. The number of aromatic nitrogens is 4. The lowest BCUT2D eigenvalue weighted by molar-refractivity contribution is 0.173. The molecule has 0 aliphatic carbocycles. The highest BCUT2D eigenvalue weighted by atomic mass is 35.5. The summed E-state index contributed by atoms with van der Waals surface area (Å²) in [5, 5.41) is 13.0. The van der Waals surface area contributed by atoms with Crippen molar-refractivity contribution in [3.05, 3.63) is 82.1 Å². The van der Waals surface area contributed by atoms with Gasteiger partial charge in [-0.05, 0) is 43.3 Å². The van der Waals surface area contributed by atoms with Gasteiger partial charge in [0.15, 0.2) is 0 Å². The van der Waals surface area contributed by atoms with Crippen LogP contribution in [0.1, 0.15) is 18.9 Å². The molecule has 1 saturated heterocycles. The van der Waals surface area contributed by atoms with E-state index in [1.165, 1.54) is 4.68 Å². The van der Waals surface area contributed by atoms with E-state index in [2.05, 4.69) is 32.0 Å². The summed E-state index contributed by atoms with van der Waals surface area (Å²) >= 11 is 6.49. The third-order valence-electron chi connectivity index (χ3n) is 6.24. The van der Waals surface area contributed by atoms with Crippen LogP contribution in [0.3, 0.4) is 0 Å². The summed E-state index contributed by atoms with van der Waals surface area (Å²) in [5.41, 5.74) is 1.84. The summed E-state index contributed by atoms with van der Waals surface area (Å²) in [6.07, 6.45) is 1.66. The summed E-state index contributed by atoms with van der Waals surface area (Å²) in [4.78, 5) is 17.2. The Balaban J connectivity index is 1.25. The molecule has 0 saturated carbocycles. The molecule has 0 radical (unpaired) electrons. The number of hydrogen-bond donors (Lipinski definition) is 0. The van der Waals surface area contributed by atoms with Gasteiger partial charge in [-0.2, -0.15) is 9.78 Å². The summed E-state index contributed by atoms with van der Waals surface area (Å²) in [5.74, 6) is 1.81. The molecule has 180 valence electrons. The topological polar surface area (TPSA) is 89.5 Å². The van der Waals surface area contributed by atoms with Crippen molar-refractivity contribution in [2.24, 2.45) is 0 Å². The summed E-state index contributed by atoms with van der Waals surface area (Å²) in [7, 11) is 1.63. The van der Waals surface area contributed by atoms with Gasteiger partial charge >= 0.3 is 0 Å². The Morgan fingerprint density at radius 1 is 1.00 bits per heavy atom. The SMILES string of the molecule is COc1ccc(-c2nnc([C@H](C)N3CCN(c4cnn(-c5ccccc5)c(=O)c4Cl)CC3)o2)cc1. The van der Waals surface area contributed by atoms with Crippen LogP contribution in [0, 0.1) is 0 Å². The predicted molar refractivity (Wildman–Crippen MR) is 133 cm³/mol. The largest absolute Gasteiger partial charge is 0.497 e. The van der Waals surface area contributed by atoms with E-state index in [1.807, 2.05) is 54.6 Å². The van der Waals surface area contributed by atoms with Crippen molar-refractivity contribution >= 4 is 17.3 Å². The van der Waals surface area contributed by atoms with Crippen LogP contribution >= 0.6 is 11.6 Å². The minimum atomic E-state index is -0.330. The van der Waals surface area contributed by atoms with Crippen molar-refractivity contribution in [1.82, 2.24) is 24.9 Å². The van der Waals surface area contributed by atoms with Gasteiger partial charge in [0.1, 0.15) is 10.8 Å². The van der Waals surface area contributed by atoms with Gasteiger partial charge in [-0.3, -0.25) is 9.69 Å². The van der Waals surface area contributed by atoms with Crippen LogP contribution in [0.15, 0.2) is 70.0 Å². The Kier molecular flexibility index (Phi) is 6.52. The third kappa shape index (κ3) is 4.65. The van der Waals surface area contributed by atoms with Crippen molar-refractivity contribution in [3.8, 4) is 22.9 Å². The second kappa shape index (κ2) is 9.89. The molecule has 0 unspecified atom stereocenters. The second-order valence-electron chi connectivity index (χ2n) is 8.27. The fourth-order valence-corrected chi connectivity index (χ4v) is 4.41. The Morgan fingerprint density at radius 2 is 1.71 bits per heavy atom. The molecule has 35 heavy (non-hydrogen) atoms. The van der Waals surface area contributed by atoms with Crippen LogP contribution in [-0.4, -0.2) is 58.2 Å². The van der Waals surface area contributed by atoms with E-state index >= 15 is 0 Å². The molecule has 0 N–H and O–H groups in total. The van der Waals surface area contributed by atoms with Crippen LogP contribution in [0.2, 0.25) is 5.02 Å². The summed E-state index contributed by atoms with van der Waals surface area (Å²) in [6.45, 7) is 4.94. The molecule has 1 fully saturated rings. The first-order valence-corrected chi connectivity index (χ1v) is 11.7. The molecule has 4 aromatic rings. The van der Waals surface area contributed by atoms with Gasteiger partial charge in [-0.1, -0.05) is 29.8 Å². The fraction of sp³-hybridized carbons (Fsp3) is 0.280. The second-order valence-corrected chi connectivity index (χ2v) is 8.65. The number of nitrogens with zero attached hydrogens (tertiary/aromatic N) is 6. The van der Waals surface area contributed by atoms with Crippen molar-refractivity contribution in [1.29, 1.82) is 0 Å². The molecule has 10 heteroatoms. The quantitative estimate of drug-likeness (QED) is 0.401. The van der Waals surface area contributed by atoms with Crippen LogP contribution in [0.4, 0.5) is 5.69 Å². The van der Waals surface area contributed by atoms with E-state index in [1.54, 1.807) is 13.3 Å². The zero-order valence-electron chi connectivity index (χ0n) is 19.5. The zero-order chi connectivity index (χ0) is 24.4. The average Bonchev–Trinajstić information content (AvgIpc) is 3.41. The number of halogens is 1. The van der Waals surface area contributed by atoms with Gasteiger partial charge in [0, 0.05) is 31.7 Å². The maximum absolute atomic E-state index is 12.8. The van der Waals surface area contributed by atoms with Crippen LogP contribution in [-0.2, 0) is 0 Å². The molecule has 2 aromatic heterocycles. The van der Waals surface area contributed by atoms with Crippen LogP contribution in [0.5, 0.6) is 5.75 Å². The van der Waals surface area contributed by atoms with E-state index in [9.17, 15) is 4.79 Å². The molecule has 1 aliphatic heterocycles. The van der Waals surface area contributed by atoms with Gasteiger partial charge in [0.25, 0.3) is 5.56 Å². The molecular weight excluding hydrogens is 468 g/mol. The molecule has 9 nitrogen and oxygen atoms in total. The molecule has 5 rings (SSSR count). The third-order valence-corrected chi connectivity index (χ3v) is 6.59. The lowest BCUT2D eigenvalue weighted by Gasteiger charge is -2.38. The number of para-hydroxylation sites is 1. The number of anilines is 1. The Labute approximate surface area is 207 Å². The van der Waals surface area contributed by atoms with E-state index in [0.717, 1.165) is 24.4 Å². The molecule has 0 bridgehead atoms. The normalized spacial score (nSPS) is 15.2. The number of rotatable bonds is 6. The van der Waals surface area contributed by atoms with Crippen molar-refractivity contribution in [2.45, 2.75) is 13.0 Å². The first-order valence-electron chi connectivity index (χ1n) is 11.3. The molecule has 1 aliphatic rings. The first-order chi connectivity index (χ1) is 17.0. The molecule has 2 aromatic carbocycles. The van der Waals surface area contributed by atoms with Crippen molar-refractivity contribution < 1.29 is 9.15 Å². The minimum Gasteiger partial charge on any atom is -0.497 e. The molecule has 0 spiro atoms. The summed E-state index contributed by atoms with van der Waals surface area (Å²) in [6, 6.07) is 16.7. The van der Waals surface area contributed by atoms with Gasteiger partial charge < -0.3 is 14.1 Å². The lowest BCUT2D eigenvalue weighted by Crippen LogP contribution is -2.47. The maximum atomic E-state index is 12.8. The average molecular weight is 493 g/mol. The van der Waals surface area contributed by atoms with Gasteiger partial charge in [-0.25, -0.2) is 0 Å². The Morgan fingerprint density at radius 3 is 2.40 bits per heavy atom. The molecule has 3 heterocycles. The van der Waals surface area contributed by atoms with E-state index in [0.29, 0.717) is 36.2 Å². The van der Waals surface area contributed by atoms with E-state index < -0.39 is 0 Å². The number of ether oxygens (including phenoxy) is 1.